The summed E-state index contributed by atoms with van der Waals surface area (Å²) >= 11 is 3.48. The molecule has 0 spiro atoms. The number of benzene rings is 2. The van der Waals surface area contributed by atoms with Gasteiger partial charge in [0.2, 0.25) is 0 Å². The third-order valence-electron chi connectivity index (χ3n) is 5.38. The zero-order chi connectivity index (χ0) is 21.7. The first kappa shape index (κ1) is 22.5. The Morgan fingerprint density at radius 1 is 0.933 bits per heavy atom. The van der Waals surface area contributed by atoms with E-state index in [0.29, 0.717) is 6.54 Å². The maximum absolute atomic E-state index is 12.9. The van der Waals surface area contributed by atoms with Crippen molar-refractivity contribution >= 4 is 15.9 Å². The highest BCUT2D eigenvalue weighted by atomic mass is 79.9. The summed E-state index contributed by atoms with van der Waals surface area (Å²) in [4.78, 5) is 12.9. The second-order valence-corrected chi connectivity index (χ2v) is 9.85. The Bertz CT molecular complexity index is 1010. The maximum atomic E-state index is 12.9. The van der Waals surface area contributed by atoms with Crippen LogP contribution in [0.2, 0.25) is 0 Å². The second-order valence-electron chi connectivity index (χ2n) is 8.94. The van der Waals surface area contributed by atoms with Crippen molar-refractivity contribution < 1.29 is 0 Å². The SMILES string of the molecule is CCCn1c(CCCc2ccc(Br)cc2)nn(Cc2ccc(C(C)(C)C)cc2)c1=O. The van der Waals surface area contributed by atoms with E-state index < -0.39 is 0 Å². The van der Waals surface area contributed by atoms with Crippen LogP contribution in [0.15, 0.2) is 57.8 Å². The molecule has 0 saturated heterocycles. The molecular formula is C25H32BrN3O. The van der Waals surface area contributed by atoms with Crippen molar-refractivity contribution in [1.29, 1.82) is 0 Å². The molecule has 0 unspecified atom stereocenters. The molecule has 0 aliphatic heterocycles. The van der Waals surface area contributed by atoms with Crippen LogP contribution in [0.4, 0.5) is 0 Å². The van der Waals surface area contributed by atoms with Gasteiger partial charge in [0, 0.05) is 17.4 Å². The minimum atomic E-state index is -0.00427. The molecule has 0 fully saturated rings. The van der Waals surface area contributed by atoms with E-state index in [0.717, 1.165) is 48.1 Å². The highest BCUT2D eigenvalue weighted by molar-refractivity contribution is 9.10. The van der Waals surface area contributed by atoms with E-state index in [1.165, 1.54) is 11.1 Å². The molecule has 1 aromatic heterocycles. The van der Waals surface area contributed by atoms with Gasteiger partial charge in [-0.3, -0.25) is 4.57 Å². The highest BCUT2D eigenvalue weighted by Gasteiger charge is 2.15. The minimum absolute atomic E-state index is 0.00427. The van der Waals surface area contributed by atoms with Crippen molar-refractivity contribution in [2.45, 2.75) is 71.9 Å². The molecular weight excluding hydrogens is 438 g/mol. The summed E-state index contributed by atoms with van der Waals surface area (Å²) in [6.45, 7) is 9.95. The van der Waals surface area contributed by atoms with Crippen molar-refractivity contribution in [3.8, 4) is 0 Å². The lowest BCUT2D eigenvalue weighted by Gasteiger charge is -2.19. The van der Waals surface area contributed by atoms with Crippen LogP contribution in [0.25, 0.3) is 0 Å². The number of halogens is 1. The molecule has 0 N–H and O–H groups in total. The molecule has 0 aliphatic rings. The smallest absolute Gasteiger partial charge is 0.279 e. The first-order chi connectivity index (χ1) is 14.3. The van der Waals surface area contributed by atoms with Crippen molar-refractivity contribution in [3.63, 3.8) is 0 Å². The Morgan fingerprint density at radius 2 is 1.57 bits per heavy atom. The second kappa shape index (κ2) is 9.78. The van der Waals surface area contributed by atoms with E-state index in [4.69, 9.17) is 5.10 Å². The van der Waals surface area contributed by atoms with Gasteiger partial charge in [-0.15, -0.1) is 0 Å². The lowest BCUT2D eigenvalue weighted by Crippen LogP contribution is -2.26. The Morgan fingerprint density at radius 3 is 2.17 bits per heavy atom. The van der Waals surface area contributed by atoms with Gasteiger partial charge in [0.05, 0.1) is 6.54 Å². The first-order valence-corrected chi connectivity index (χ1v) is 11.6. The summed E-state index contributed by atoms with van der Waals surface area (Å²) in [5.41, 5.74) is 3.83. The van der Waals surface area contributed by atoms with Crippen LogP contribution in [0.1, 0.15) is 63.1 Å². The zero-order valence-electron chi connectivity index (χ0n) is 18.5. The fraction of sp³-hybridized carbons (Fsp3) is 0.440. The average molecular weight is 470 g/mol. The van der Waals surface area contributed by atoms with Crippen molar-refractivity contribution in [2.75, 3.05) is 0 Å². The summed E-state index contributed by atoms with van der Waals surface area (Å²) in [7, 11) is 0. The van der Waals surface area contributed by atoms with E-state index >= 15 is 0 Å². The summed E-state index contributed by atoms with van der Waals surface area (Å²) in [5, 5.41) is 4.70. The fourth-order valence-electron chi connectivity index (χ4n) is 3.61. The predicted octanol–water partition coefficient (Wildman–Crippen LogP) is 5.74. The third-order valence-corrected chi connectivity index (χ3v) is 5.91. The Balaban J connectivity index is 1.72. The molecule has 160 valence electrons. The van der Waals surface area contributed by atoms with E-state index in [-0.39, 0.29) is 11.1 Å². The Hall–Kier alpha value is -2.14. The van der Waals surface area contributed by atoms with Crippen molar-refractivity contribution in [3.05, 3.63) is 86.0 Å². The molecule has 3 rings (SSSR count). The van der Waals surface area contributed by atoms with Gasteiger partial charge < -0.3 is 0 Å². The number of rotatable bonds is 8. The van der Waals surface area contributed by atoms with Gasteiger partial charge in [-0.1, -0.05) is 80.0 Å². The number of aryl methyl sites for hydroxylation is 2. The molecule has 30 heavy (non-hydrogen) atoms. The molecule has 4 nitrogen and oxygen atoms in total. The molecule has 0 amide bonds. The molecule has 5 heteroatoms. The Kier molecular flexibility index (Phi) is 7.35. The molecule has 0 radical (unpaired) electrons. The standard InChI is InChI=1S/C25H32BrN3O/c1-5-17-28-23(8-6-7-19-11-15-22(26)16-12-19)27-29(24(28)30)18-20-9-13-21(14-10-20)25(2,3)4/h9-16H,5-8,17-18H2,1-4H3. The van der Waals surface area contributed by atoms with Crippen molar-refractivity contribution in [2.24, 2.45) is 0 Å². The molecule has 0 saturated carbocycles. The quantitative estimate of drug-likeness (QED) is 0.421. The summed E-state index contributed by atoms with van der Waals surface area (Å²) < 4.78 is 4.57. The van der Waals surface area contributed by atoms with E-state index in [2.05, 4.69) is 92.2 Å². The van der Waals surface area contributed by atoms with Crippen LogP contribution < -0.4 is 5.69 Å². The number of hydrogen-bond acceptors (Lipinski definition) is 2. The number of hydrogen-bond donors (Lipinski definition) is 0. The van der Waals surface area contributed by atoms with Gasteiger partial charge in [0.15, 0.2) is 0 Å². The minimum Gasteiger partial charge on any atom is -0.279 e. The van der Waals surface area contributed by atoms with Gasteiger partial charge >= 0.3 is 5.69 Å². The summed E-state index contributed by atoms with van der Waals surface area (Å²) in [6, 6.07) is 17.0. The van der Waals surface area contributed by atoms with Crippen LogP contribution >= 0.6 is 15.9 Å². The first-order valence-electron chi connectivity index (χ1n) is 10.8. The molecule has 3 aromatic rings. The van der Waals surface area contributed by atoms with Gasteiger partial charge in [-0.2, -0.15) is 5.10 Å². The normalized spacial score (nSPS) is 11.8. The zero-order valence-corrected chi connectivity index (χ0v) is 20.1. The monoisotopic (exact) mass is 469 g/mol. The molecule has 2 aromatic carbocycles. The fourth-order valence-corrected chi connectivity index (χ4v) is 3.87. The maximum Gasteiger partial charge on any atom is 0.346 e. The predicted molar refractivity (Wildman–Crippen MR) is 127 cm³/mol. The van der Waals surface area contributed by atoms with Crippen LogP contribution in [0, 0.1) is 0 Å². The lowest BCUT2D eigenvalue weighted by molar-refractivity contribution is 0.587. The third kappa shape index (κ3) is 5.72. The molecule has 0 bridgehead atoms. The Labute approximate surface area is 188 Å². The number of nitrogens with zero attached hydrogens (tertiary/aromatic N) is 3. The molecule has 0 aliphatic carbocycles. The molecule has 1 heterocycles. The topological polar surface area (TPSA) is 39.8 Å². The van der Waals surface area contributed by atoms with Gasteiger partial charge in [-0.25, -0.2) is 9.48 Å². The highest BCUT2D eigenvalue weighted by Crippen LogP contribution is 2.22. The van der Waals surface area contributed by atoms with Crippen molar-refractivity contribution in [1.82, 2.24) is 14.3 Å². The van der Waals surface area contributed by atoms with Gasteiger partial charge in [-0.05, 0) is 53.5 Å². The van der Waals surface area contributed by atoms with Gasteiger partial charge in [0.25, 0.3) is 0 Å². The largest absolute Gasteiger partial charge is 0.346 e. The van der Waals surface area contributed by atoms with E-state index in [1.54, 1.807) is 4.68 Å². The van der Waals surface area contributed by atoms with Crippen LogP contribution in [-0.2, 0) is 31.3 Å². The lowest BCUT2D eigenvalue weighted by atomic mass is 9.87. The number of aromatic nitrogens is 3. The van der Waals surface area contributed by atoms with Crippen LogP contribution in [-0.4, -0.2) is 14.3 Å². The van der Waals surface area contributed by atoms with E-state index in [1.807, 2.05) is 4.57 Å². The van der Waals surface area contributed by atoms with Gasteiger partial charge in [0.1, 0.15) is 5.82 Å². The molecule has 0 atom stereocenters. The van der Waals surface area contributed by atoms with Crippen LogP contribution in [0.5, 0.6) is 0 Å². The van der Waals surface area contributed by atoms with E-state index in [9.17, 15) is 4.79 Å². The average Bonchev–Trinajstić information content (AvgIpc) is 2.99. The summed E-state index contributed by atoms with van der Waals surface area (Å²) in [6.07, 6.45) is 3.68. The summed E-state index contributed by atoms with van der Waals surface area (Å²) in [5.74, 6) is 0.894. The van der Waals surface area contributed by atoms with Crippen LogP contribution in [0.3, 0.4) is 0 Å².